The molecule has 0 aromatic carbocycles. The van der Waals surface area contributed by atoms with Crippen LogP contribution in [0, 0.1) is 0 Å². The zero-order chi connectivity index (χ0) is 10.5. The van der Waals surface area contributed by atoms with Crippen LogP contribution in [0.1, 0.15) is 25.7 Å². The number of nitrogens with zero attached hydrogens (tertiary/aromatic N) is 1. The Morgan fingerprint density at radius 1 is 1.33 bits per heavy atom. The number of hydrogen-bond acceptors (Lipinski definition) is 3. The summed E-state index contributed by atoms with van der Waals surface area (Å²) in [5, 5.41) is 6.22. The van der Waals surface area contributed by atoms with Crippen LogP contribution in [-0.4, -0.2) is 49.6 Å². The maximum Gasteiger partial charge on any atom is 0.237 e. The van der Waals surface area contributed by atoms with Gasteiger partial charge in [0.15, 0.2) is 0 Å². The Balaban J connectivity index is 1.58. The van der Waals surface area contributed by atoms with Crippen molar-refractivity contribution in [2.45, 2.75) is 31.7 Å². The molecule has 2 aliphatic rings. The quantitative estimate of drug-likeness (QED) is 0.685. The van der Waals surface area contributed by atoms with Crippen LogP contribution in [0.15, 0.2) is 0 Å². The van der Waals surface area contributed by atoms with E-state index >= 15 is 0 Å². The van der Waals surface area contributed by atoms with Gasteiger partial charge < -0.3 is 15.5 Å². The van der Waals surface area contributed by atoms with E-state index in [0.29, 0.717) is 0 Å². The van der Waals surface area contributed by atoms with Gasteiger partial charge in [0.05, 0.1) is 6.04 Å². The molecular weight excluding hydrogens is 190 g/mol. The van der Waals surface area contributed by atoms with E-state index in [9.17, 15) is 4.79 Å². The number of hydrogen-bond donors (Lipinski definition) is 2. The fourth-order valence-corrected chi connectivity index (χ4v) is 2.37. The van der Waals surface area contributed by atoms with Gasteiger partial charge >= 0.3 is 0 Å². The van der Waals surface area contributed by atoms with E-state index in [4.69, 9.17) is 0 Å². The number of carbonyl (C=O) groups excluding carboxylic acids is 1. The summed E-state index contributed by atoms with van der Waals surface area (Å²) in [4.78, 5) is 14.0. The average Bonchev–Trinajstić information content (AvgIpc) is 2.90. The van der Waals surface area contributed by atoms with Gasteiger partial charge in [0.1, 0.15) is 0 Å². The second-order valence-electron chi connectivity index (χ2n) is 4.49. The second kappa shape index (κ2) is 5.47. The predicted molar refractivity (Wildman–Crippen MR) is 59.7 cm³/mol. The molecule has 1 atom stereocenters. The maximum atomic E-state index is 11.6. The zero-order valence-corrected chi connectivity index (χ0v) is 9.30. The third-order valence-corrected chi connectivity index (χ3v) is 3.30. The second-order valence-corrected chi connectivity index (χ2v) is 4.49. The fourth-order valence-electron chi connectivity index (χ4n) is 2.37. The molecule has 2 aliphatic heterocycles. The van der Waals surface area contributed by atoms with E-state index in [2.05, 4.69) is 15.5 Å². The topological polar surface area (TPSA) is 44.4 Å². The Hall–Kier alpha value is -0.610. The summed E-state index contributed by atoms with van der Waals surface area (Å²) in [6, 6.07) is 0.0728. The minimum Gasteiger partial charge on any atom is -0.353 e. The highest BCUT2D eigenvalue weighted by Gasteiger charge is 2.21. The standard InChI is InChI=1S/C11H21N3O/c15-11(10-4-3-5-12-10)13-6-9-14-7-1-2-8-14/h10,12H,1-9H2,(H,13,15)/t10-/m0/s1. The van der Waals surface area contributed by atoms with Crippen molar-refractivity contribution in [3.63, 3.8) is 0 Å². The lowest BCUT2D eigenvalue weighted by atomic mass is 10.2. The number of amides is 1. The summed E-state index contributed by atoms with van der Waals surface area (Å²) >= 11 is 0. The Bertz CT molecular complexity index is 208. The largest absolute Gasteiger partial charge is 0.353 e. The molecule has 0 spiro atoms. The summed E-state index contributed by atoms with van der Waals surface area (Å²) in [5.41, 5.74) is 0. The summed E-state index contributed by atoms with van der Waals surface area (Å²) in [6.45, 7) is 5.22. The van der Waals surface area contributed by atoms with Crippen molar-refractivity contribution in [3.05, 3.63) is 0 Å². The average molecular weight is 211 g/mol. The van der Waals surface area contributed by atoms with E-state index in [1.54, 1.807) is 0 Å². The third kappa shape index (κ3) is 3.18. The molecule has 2 heterocycles. The first-order valence-corrected chi connectivity index (χ1v) is 6.10. The fraction of sp³-hybridized carbons (Fsp3) is 0.909. The number of carbonyl (C=O) groups is 1. The smallest absolute Gasteiger partial charge is 0.237 e. The SMILES string of the molecule is O=C(NCCN1CCCC1)[C@@H]1CCCN1. The molecule has 0 bridgehead atoms. The minimum absolute atomic E-state index is 0.0728. The molecule has 2 rings (SSSR count). The number of rotatable bonds is 4. The summed E-state index contributed by atoms with van der Waals surface area (Å²) in [7, 11) is 0. The van der Waals surface area contributed by atoms with Crippen LogP contribution < -0.4 is 10.6 Å². The molecule has 0 aromatic heterocycles. The Morgan fingerprint density at radius 2 is 2.13 bits per heavy atom. The molecular formula is C11H21N3O. The molecule has 86 valence electrons. The van der Waals surface area contributed by atoms with Crippen LogP contribution in [0.3, 0.4) is 0 Å². The van der Waals surface area contributed by atoms with E-state index < -0.39 is 0 Å². The van der Waals surface area contributed by atoms with Gasteiger partial charge in [-0.25, -0.2) is 0 Å². The molecule has 0 aromatic rings. The third-order valence-electron chi connectivity index (χ3n) is 3.30. The van der Waals surface area contributed by atoms with Gasteiger partial charge in [-0.05, 0) is 45.3 Å². The lowest BCUT2D eigenvalue weighted by Gasteiger charge is -2.16. The maximum absolute atomic E-state index is 11.6. The Kier molecular flexibility index (Phi) is 3.97. The van der Waals surface area contributed by atoms with Crippen LogP contribution >= 0.6 is 0 Å². The minimum atomic E-state index is 0.0728. The molecule has 0 aliphatic carbocycles. The monoisotopic (exact) mass is 211 g/mol. The molecule has 2 N–H and O–H groups in total. The normalized spacial score (nSPS) is 27.1. The highest BCUT2D eigenvalue weighted by molar-refractivity contribution is 5.81. The highest BCUT2D eigenvalue weighted by atomic mass is 16.2. The summed E-state index contributed by atoms with van der Waals surface area (Å²) in [5.74, 6) is 0.187. The van der Waals surface area contributed by atoms with Crippen LogP contribution in [0.5, 0.6) is 0 Å². The van der Waals surface area contributed by atoms with Crippen LogP contribution in [0.4, 0.5) is 0 Å². The van der Waals surface area contributed by atoms with Gasteiger partial charge in [0.2, 0.25) is 5.91 Å². The first-order chi connectivity index (χ1) is 7.36. The lowest BCUT2D eigenvalue weighted by Crippen LogP contribution is -2.43. The number of nitrogens with one attached hydrogen (secondary N) is 2. The predicted octanol–water partition coefficient (Wildman–Crippen LogP) is -0.0496. The van der Waals surface area contributed by atoms with E-state index in [-0.39, 0.29) is 11.9 Å². The van der Waals surface area contributed by atoms with Gasteiger partial charge in [-0.2, -0.15) is 0 Å². The van der Waals surface area contributed by atoms with Crippen molar-refractivity contribution in [3.8, 4) is 0 Å². The van der Waals surface area contributed by atoms with Crippen molar-refractivity contribution >= 4 is 5.91 Å². The van der Waals surface area contributed by atoms with Crippen molar-refractivity contribution < 1.29 is 4.79 Å². The van der Waals surface area contributed by atoms with Gasteiger partial charge in [0, 0.05) is 13.1 Å². The zero-order valence-electron chi connectivity index (χ0n) is 9.30. The van der Waals surface area contributed by atoms with Crippen molar-refractivity contribution in [2.24, 2.45) is 0 Å². The van der Waals surface area contributed by atoms with Crippen LogP contribution in [0.2, 0.25) is 0 Å². The molecule has 0 radical (unpaired) electrons. The lowest BCUT2D eigenvalue weighted by molar-refractivity contribution is -0.122. The van der Waals surface area contributed by atoms with Crippen molar-refractivity contribution in [1.82, 2.24) is 15.5 Å². The molecule has 2 fully saturated rings. The van der Waals surface area contributed by atoms with E-state index in [1.165, 1.54) is 25.9 Å². The Morgan fingerprint density at radius 3 is 2.80 bits per heavy atom. The van der Waals surface area contributed by atoms with Gasteiger partial charge in [-0.3, -0.25) is 4.79 Å². The number of likely N-dealkylation sites (tertiary alicyclic amines) is 1. The molecule has 0 unspecified atom stereocenters. The molecule has 2 saturated heterocycles. The van der Waals surface area contributed by atoms with Crippen LogP contribution in [0.25, 0.3) is 0 Å². The van der Waals surface area contributed by atoms with Gasteiger partial charge in [-0.15, -0.1) is 0 Å². The van der Waals surface area contributed by atoms with Crippen molar-refractivity contribution in [2.75, 3.05) is 32.7 Å². The first-order valence-electron chi connectivity index (χ1n) is 6.10. The van der Waals surface area contributed by atoms with Gasteiger partial charge in [-0.1, -0.05) is 0 Å². The summed E-state index contributed by atoms with van der Waals surface area (Å²) in [6.07, 6.45) is 4.76. The van der Waals surface area contributed by atoms with Crippen molar-refractivity contribution in [1.29, 1.82) is 0 Å². The summed E-state index contributed by atoms with van der Waals surface area (Å²) < 4.78 is 0. The van der Waals surface area contributed by atoms with E-state index in [0.717, 1.165) is 32.5 Å². The molecule has 4 nitrogen and oxygen atoms in total. The van der Waals surface area contributed by atoms with E-state index in [1.807, 2.05) is 0 Å². The molecule has 0 saturated carbocycles. The molecule has 4 heteroatoms. The molecule has 15 heavy (non-hydrogen) atoms. The highest BCUT2D eigenvalue weighted by Crippen LogP contribution is 2.06. The van der Waals surface area contributed by atoms with Gasteiger partial charge in [0.25, 0.3) is 0 Å². The molecule has 1 amide bonds. The Labute approximate surface area is 91.4 Å². The van der Waals surface area contributed by atoms with Crippen LogP contribution in [-0.2, 0) is 4.79 Å². The first kappa shape index (κ1) is 10.9.